The molecule has 0 spiro atoms. The molecule has 0 radical (unpaired) electrons. The van der Waals surface area contributed by atoms with Crippen molar-refractivity contribution in [2.24, 2.45) is 0 Å². The predicted molar refractivity (Wildman–Crippen MR) is 84.7 cm³/mol. The van der Waals surface area contributed by atoms with Crippen molar-refractivity contribution < 1.29 is 64.8 Å². The van der Waals surface area contributed by atoms with Crippen LogP contribution in [0.5, 0.6) is 0 Å². The van der Waals surface area contributed by atoms with Crippen LogP contribution in [0.25, 0.3) is 0 Å². The molecule has 9 N–H and O–H groups in total. The van der Waals surface area contributed by atoms with Crippen molar-refractivity contribution in [1.82, 2.24) is 5.32 Å². The molecule has 0 aromatic rings. The van der Waals surface area contributed by atoms with Crippen molar-refractivity contribution in [2.45, 2.75) is 56.0 Å². The summed E-state index contributed by atoms with van der Waals surface area (Å²) in [5.41, 5.74) is -2.74. The summed E-state index contributed by atoms with van der Waals surface area (Å²) in [6, 6.07) is -1.10. The Bertz CT molecular complexity index is 564. The fourth-order valence-corrected chi connectivity index (χ4v) is 2.20. The summed E-state index contributed by atoms with van der Waals surface area (Å²) in [6.45, 7) is 0.687. The SMILES string of the molecule is CC(=O)N[C@H]1C(O)O[C@H](CO)[C@@H](O)[C@@H]1O.O=C(O)CC(O)(CC(=O)O)C(=O)O. The van der Waals surface area contributed by atoms with E-state index in [0.29, 0.717) is 0 Å². The van der Waals surface area contributed by atoms with Crippen LogP contribution >= 0.6 is 0 Å². The maximum absolute atomic E-state index is 10.7. The quantitative estimate of drug-likeness (QED) is 0.192. The van der Waals surface area contributed by atoms with Gasteiger partial charge in [-0.05, 0) is 0 Å². The number of aliphatic hydroxyl groups excluding tert-OH is 4. The van der Waals surface area contributed by atoms with Crippen LogP contribution in [0.4, 0.5) is 0 Å². The van der Waals surface area contributed by atoms with E-state index in [1.807, 2.05) is 0 Å². The van der Waals surface area contributed by atoms with Crippen LogP contribution in [0.2, 0.25) is 0 Å². The number of carboxylic acids is 3. The van der Waals surface area contributed by atoms with Gasteiger partial charge in [0.15, 0.2) is 11.9 Å². The van der Waals surface area contributed by atoms with Crippen LogP contribution in [-0.2, 0) is 23.9 Å². The summed E-state index contributed by atoms with van der Waals surface area (Å²) in [4.78, 5) is 41.2. The molecule has 1 saturated heterocycles. The highest BCUT2D eigenvalue weighted by Crippen LogP contribution is 2.19. The molecule has 14 nitrogen and oxygen atoms in total. The Kier molecular flexibility index (Phi) is 9.93. The number of carbonyl (C=O) groups excluding carboxylic acids is 1. The minimum absolute atomic E-state index is 0.462. The van der Waals surface area contributed by atoms with Crippen molar-refractivity contribution >= 4 is 23.8 Å². The van der Waals surface area contributed by atoms with Gasteiger partial charge in [-0.2, -0.15) is 0 Å². The van der Waals surface area contributed by atoms with E-state index in [1.54, 1.807) is 0 Å². The maximum atomic E-state index is 10.7. The third-order valence-corrected chi connectivity index (χ3v) is 3.56. The zero-order valence-electron chi connectivity index (χ0n) is 14.6. The van der Waals surface area contributed by atoms with Gasteiger partial charge in [-0.25, -0.2) is 4.79 Å². The average molecular weight is 413 g/mol. The van der Waals surface area contributed by atoms with Crippen molar-refractivity contribution in [3.8, 4) is 0 Å². The molecule has 0 aromatic heterocycles. The number of hydrogen-bond donors (Lipinski definition) is 9. The minimum Gasteiger partial charge on any atom is -0.481 e. The lowest BCUT2D eigenvalue weighted by Crippen LogP contribution is -2.63. The lowest BCUT2D eigenvalue weighted by Gasteiger charge is -2.40. The van der Waals surface area contributed by atoms with E-state index in [-0.39, 0.29) is 0 Å². The highest BCUT2D eigenvalue weighted by Gasteiger charge is 2.44. The van der Waals surface area contributed by atoms with E-state index in [1.165, 1.54) is 6.92 Å². The van der Waals surface area contributed by atoms with Gasteiger partial charge >= 0.3 is 17.9 Å². The summed E-state index contributed by atoms with van der Waals surface area (Å²) in [5.74, 6) is -5.48. The summed E-state index contributed by atoms with van der Waals surface area (Å²) in [6.07, 6.45) is -7.53. The molecule has 1 fully saturated rings. The molecule has 0 aliphatic carbocycles. The number of aliphatic carboxylic acids is 3. The molecule has 1 amide bonds. The Labute approximate surface area is 157 Å². The minimum atomic E-state index is -2.74. The fraction of sp³-hybridized carbons (Fsp3) is 0.714. The van der Waals surface area contributed by atoms with E-state index in [0.717, 1.165) is 0 Å². The Balaban J connectivity index is 0.000000528. The second-order valence-corrected chi connectivity index (χ2v) is 5.93. The van der Waals surface area contributed by atoms with Gasteiger partial charge in [0.2, 0.25) is 5.91 Å². The van der Waals surface area contributed by atoms with Gasteiger partial charge in [-0.15, -0.1) is 0 Å². The van der Waals surface area contributed by atoms with Crippen LogP contribution in [0.1, 0.15) is 19.8 Å². The number of aliphatic hydroxyl groups is 5. The van der Waals surface area contributed by atoms with Gasteiger partial charge in [-0.3, -0.25) is 14.4 Å². The zero-order chi connectivity index (χ0) is 22.2. The molecular weight excluding hydrogens is 390 g/mol. The molecule has 0 bridgehead atoms. The third kappa shape index (κ3) is 7.71. The number of hydrogen-bond acceptors (Lipinski definition) is 10. The first-order valence-corrected chi connectivity index (χ1v) is 7.72. The first-order chi connectivity index (χ1) is 12.7. The smallest absolute Gasteiger partial charge is 0.336 e. The summed E-state index contributed by atoms with van der Waals surface area (Å²) in [7, 11) is 0. The Morgan fingerprint density at radius 1 is 0.964 bits per heavy atom. The molecule has 1 heterocycles. The van der Waals surface area contributed by atoms with Gasteiger partial charge in [0.25, 0.3) is 0 Å². The van der Waals surface area contributed by atoms with Crippen LogP contribution in [-0.4, -0.2) is 108 Å². The zero-order valence-corrected chi connectivity index (χ0v) is 14.6. The molecule has 1 aliphatic rings. The largest absolute Gasteiger partial charge is 0.481 e. The van der Waals surface area contributed by atoms with E-state index in [2.05, 4.69) is 5.32 Å². The third-order valence-electron chi connectivity index (χ3n) is 3.56. The molecule has 0 aromatic carbocycles. The van der Waals surface area contributed by atoms with Gasteiger partial charge in [0.1, 0.15) is 24.4 Å². The molecule has 1 unspecified atom stereocenters. The van der Waals surface area contributed by atoms with Crippen LogP contribution in [0.3, 0.4) is 0 Å². The predicted octanol–water partition coefficient (Wildman–Crippen LogP) is -4.33. The lowest BCUT2D eigenvalue weighted by molar-refractivity contribution is -0.253. The lowest BCUT2D eigenvalue weighted by atomic mass is 9.96. The highest BCUT2D eigenvalue weighted by atomic mass is 16.6. The van der Waals surface area contributed by atoms with E-state index >= 15 is 0 Å². The standard InChI is InChI=1S/C8H15NO6.C6H8O7/c1-3(11)9-5-7(13)6(12)4(2-10)15-8(5)14;7-3(8)1-6(13,5(11)12)2-4(9)10/h4-8,10,12-14H,2H2,1H3,(H,9,11);13H,1-2H2,(H,7,8)(H,9,10)(H,11,12)/t4-,5-,6-,7-,8?;/m1./s1. The fourth-order valence-electron chi connectivity index (χ4n) is 2.20. The Morgan fingerprint density at radius 3 is 1.75 bits per heavy atom. The van der Waals surface area contributed by atoms with Crippen LogP contribution in [0.15, 0.2) is 0 Å². The molecular formula is C14H23NO13. The first kappa shape index (κ1) is 25.6. The van der Waals surface area contributed by atoms with Gasteiger partial charge in [0.05, 0.1) is 19.4 Å². The normalized spacial score (nSPS) is 27.1. The number of carboxylic acid groups (broad SMARTS) is 3. The molecule has 1 rings (SSSR count). The first-order valence-electron chi connectivity index (χ1n) is 7.72. The van der Waals surface area contributed by atoms with Crippen molar-refractivity contribution in [2.75, 3.05) is 6.61 Å². The van der Waals surface area contributed by atoms with E-state index < -0.39 is 79.5 Å². The topological polar surface area (TPSA) is 251 Å². The summed E-state index contributed by atoms with van der Waals surface area (Å²) >= 11 is 0. The van der Waals surface area contributed by atoms with Gasteiger partial charge < -0.3 is 50.9 Å². The molecule has 162 valence electrons. The van der Waals surface area contributed by atoms with Crippen molar-refractivity contribution in [1.29, 1.82) is 0 Å². The van der Waals surface area contributed by atoms with Crippen LogP contribution < -0.4 is 5.32 Å². The second kappa shape index (κ2) is 10.8. The number of amides is 1. The highest BCUT2D eigenvalue weighted by molar-refractivity contribution is 5.88. The Morgan fingerprint density at radius 2 is 1.43 bits per heavy atom. The van der Waals surface area contributed by atoms with Gasteiger partial charge in [-0.1, -0.05) is 0 Å². The molecule has 14 heteroatoms. The maximum Gasteiger partial charge on any atom is 0.336 e. The monoisotopic (exact) mass is 413 g/mol. The molecule has 5 atom stereocenters. The number of ether oxygens (including phenoxy) is 1. The van der Waals surface area contributed by atoms with Crippen molar-refractivity contribution in [3.05, 3.63) is 0 Å². The van der Waals surface area contributed by atoms with E-state index in [4.69, 9.17) is 30.3 Å². The molecule has 1 aliphatic heterocycles. The van der Waals surface area contributed by atoms with Gasteiger partial charge in [0, 0.05) is 6.92 Å². The number of rotatable bonds is 7. The number of carbonyl (C=O) groups is 4. The molecule has 0 saturated carbocycles. The van der Waals surface area contributed by atoms with E-state index in [9.17, 15) is 34.5 Å². The summed E-state index contributed by atoms with van der Waals surface area (Å²) in [5, 5.41) is 73.2. The second-order valence-electron chi connectivity index (χ2n) is 5.93. The average Bonchev–Trinajstić information content (AvgIpc) is 2.53. The molecule has 28 heavy (non-hydrogen) atoms. The van der Waals surface area contributed by atoms with Crippen LogP contribution in [0, 0.1) is 0 Å². The van der Waals surface area contributed by atoms with Crippen molar-refractivity contribution in [3.63, 3.8) is 0 Å². The Hall–Kier alpha value is -2.36. The number of nitrogens with one attached hydrogen (secondary N) is 1. The summed E-state index contributed by atoms with van der Waals surface area (Å²) < 4.78 is 4.81.